The second-order valence-electron chi connectivity index (χ2n) is 4.59. The molecule has 1 aromatic carbocycles. The van der Waals surface area contributed by atoms with Crippen LogP contribution in [0, 0.1) is 0 Å². The first-order chi connectivity index (χ1) is 8.69. The highest BCUT2D eigenvalue weighted by atomic mass is 32.1. The van der Waals surface area contributed by atoms with Gasteiger partial charge < -0.3 is 11.1 Å². The van der Waals surface area contributed by atoms with Crippen molar-refractivity contribution in [3.63, 3.8) is 0 Å². The zero-order valence-corrected chi connectivity index (χ0v) is 11.6. The van der Waals surface area contributed by atoms with Crippen LogP contribution in [0.3, 0.4) is 0 Å². The summed E-state index contributed by atoms with van der Waals surface area (Å²) in [5, 5.41) is 4.25. The first kappa shape index (κ1) is 13.1. The topological polar surface area (TPSA) is 50.9 Å². The molecule has 0 saturated heterocycles. The molecule has 3 N–H and O–H groups in total. The Morgan fingerprint density at radius 1 is 1.28 bits per heavy atom. The Kier molecular flexibility index (Phi) is 4.33. The molecule has 0 radical (unpaired) electrons. The van der Waals surface area contributed by atoms with Crippen molar-refractivity contribution >= 4 is 16.5 Å². The number of thiazole rings is 1. The zero-order chi connectivity index (χ0) is 13.0. The van der Waals surface area contributed by atoms with E-state index in [0.29, 0.717) is 12.5 Å². The third kappa shape index (κ3) is 3.31. The van der Waals surface area contributed by atoms with Crippen LogP contribution in [-0.2, 0) is 13.1 Å². The normalized spacial score (nSPS) is 10.9. The monoisotopic (exact) mass is 261 g/mol. The number of nitrogens with two attached hydrogens (primary N) is 1. The summed E-state index contributed by atoms with van der Waals surface area (Å²) in [6.07, 6.45) is 1.83. The van der Waals surface area contributed by atoms with Gasteiger partial charge in [0.05, 0.1) is 0 Å². The second kappa shape index (κ2) is 5.98. The lowest BCUT2D eigenvalue weighted by molar-refractivity contribution is 0.865. The van der Waals surface area contributed by atoms with Gasteiger partial charge in [0, 0.05) is 24.2 Å². The van der Waals surface area contributed by atoms with Crippen molar-refractivity contribution < 1.29 is 0 Å². The van der Waals surface area contributed by atoms with E-state index in [-0.39, 0.29) is 0 Å². The van der Waals surface area contributed by atoms with Crippen LogP contribution in [0.1, 0.15) is 35.8 Å². The van der Waals surface area contributed by atoms with Gasteiger partial charge in [0.25, 0.3) is 0 Å². The van der Waals surface area contributed by atoms with Crippen LogP contribution in [-0.4, -0.2) is 4.98 Å². The van der Waals surface area contributed by atoms with Crippen LogP contribution in [0.5, 0.6) is 0 Å². The number of rotatable bonds is 5. The van der Waals surface area contributed by atoms with Gasteiger partial charge in [-0.2, -0.15) is 0 Å². The molecule has 18 heavy (non-hydrogen) atoms. The minimum Gasteiger partial charge on any atom is -0.357 e. The maximum Gasteiger partial charge on any atom is 0.183 e. The van der Waals surface area contributed by atoms with E-state index in [9.17, 15) is 0 Å². The summed E-state index contributed by atoms with van der Waals surface area (Å²) in [6, 6.07) is 8.71. The molecule has 0 aliphatic carbocycles. The summed E-state index contributed by atoms with van der Waals surface area (Å²) in [6.45, 7) is 5.77. The Hall–Kier alpha value is -1.39. The highest BCUT2D eigenvalue weighted by Crippen LogP contribution is 2.19. The molecule has 0 aliphatic rings. The first-order valence-electron chi connectivity index (χ1n) is 6.16. The Morgan fingerprint density at radius 2 is 2.00 bits per heavy atom. The average molecular weight is 261 g/mol. The number of aromatic nitrogens is 1. The van der Waals surface area contributed by atoms with Crippen molar-refractivity contribution in [2.24, 2.45) is 5.73 Å². The van der Waals surface area contributed by atoms with Gasteiger partial charge in [-0.25, -0.2) is 4.98 Å². The molecule has 0 unspecified atom stereocenters. The fraction of sp³-hybridized carbons (Fsp3) is 0.357. The van der Waals surface area contributed by atoms with Crippen molar-refractivity contribution in [1.82, 2.24) is 4.98 Å². The second-order valence-corrected chi connectivity index (χ2v) is 5.70. The zero-order valence-electron chi connectivity index (χ0n) is 10.8. The first-order valence-corrected chi connectivity index (χ1v) is 6.98. The largest absolute Gasteiger partial charge is 0.357 e. The Morgan fingerprint density at radius 3 is 2.56 bits per heavy atom. The molecule has 2 rings (SSSR count). The van der Waals surface area contributed by atoms with Crippen LogP contribution >= 0.6 is 11.3 Å². The van der Waals surface area contributed by atoms with E-state index >= 15 is 0 Å². The molecule has 0 atom stereocenters. The van der Waals surface area contributed by atoms with E-state index in [0.717, 1.165) is 16.6 Å². The number of nitrogens with zero attached hydrogens (tertiary/aromatic N) is 1. The summed E-state index contributed by atoms with van der Waals surface area (Å²) in [7, 11) is 0. The van der Waals surface area contributed by atoms with E-state index < -0.39 is 0 Å². The van der Waals surface area contributed by atoms with Gasteiger partial charge in [0.2, 0.25) is 0 Å². The average Bonchev–Trinajstić information content (AvgIpc) is 2.85. The molecule has 96 valence electrons. The van der Waals surface area contributed by atoms with E-state index in [1.165, 1.54) is 11.1 Å². The third-order valence-corrected chi connectivity index (χ3v) is 3.82. The lowest BCUT2D eigenvalue weighted by atomic mass is 10.0. The van der Waals surface area contributed by atoms with Gasteiger partial charge in [-0.15, -0.1) is 11.3 Å². The quantitative estimate of drug-likeness (QED) is 0.868. The molecule has 0 bridgehead atoms. The van der Waals surface area contributed by atoms with E-state index in [1.807, 2.05) is 6.20 Å². The molecule has 1 aromatic heterocycles. The summed E-state index contributed by atoms with van der Waals surface area (Å²) in [5.74, 6) is 0.582. The van der Waals surface area contributed by atoms with Crippen LogP contribution in [0.25, 0.3) is 0 Å². The minimum atomic E-state index is 0.558. The van der Waals surface area contributed by atoms with Crippen molar-refractivity contribution in [2.45, 2.75) is 32.9 Å². The molecule has 0 fully saturated rings. The van der Waals surface area contributed by atoms with Gasteiger partial charge >= 0.3 is 0 Å². The molecular formula is C14H19N3S. The maximum atomic E-state index is 5.56. The molecule has 0 aliphatic heterocycles. The number of hydrogen-bond acceptors (Lipinski definition) is 4. The van der Waals surface area contributed by atoms with Gasteiger partial charge in [-0.05, 0) is 17.0 Å². The predicted octanol–water partition coefficient (Wildman–Crippen LogP) is 3.34. The Balaban J connectivity index is 1.93. The van der Waals surface area contributed by atoms with Gasteiger partial charge in [0.15, 0.2) is 5.13 Å². The SMILES string of the molecule is CC(C)c1ccc(CNc2ncc(CN)s2)cc1. The third-order valence-electron chi connectivity index (χ3n) is 2.84. The number of hydrogen-bond donors (Lipinski definition) is 2. The summed E-state index contributed by atoms with van der Waals surface area (Å²) >= 11 is 1.61. The summed E-state index contributed by atoms with van der Waals surface area (Å²) in [5.41, 5.74) is 8.20. The minimum absolute atomic E-state index is 0.558. The molecule has 4 heteroatoms. The molecule has 2 aromatic rings. The van der Waals surface area contributed by atoms with E-state index in [4.69, 9.17) is 5.73 Å². The van der Waals surface area contributed by atoms with Crippen LogP contribution in [0.4, 0.5) is 5.13 Å². The molecule has 0 amide bonds. The summed E-state index contributed by atoms with van der Waals surface area (Å²) in [4.78, 5) is 5.38. The highest BCUT2D eigenvalue weighted by molar-refractivity contribution is 7.15. The molecule has 0 spiro atoms. The fourth-order valence-corrected chi connectivity index (χ4v) is 2.37. The molecular weight excluding hydrogens is 242 g/mol. The number of benzene rings is 1. The molecule has 0 saturated carbocycles. The van der Waals surface area contributed by atoms with E-state index in [1.54, 1.807) is 11.3 Å². The Bertz CT molecular complexity index is 488. The van der Waals surface area contributed by atoms with Crippen LogP contribution in [0.15, 0.2) is 30.5 Å². The molecule has 1 heterocycles. The molecule has 3 nitrogen and oxygen atoms in total. The van der Waals surface area contributed by atoms with Gasteiger partial charge in [-0.3, -0.25) is 0 Å². The highest BCUT2D eigenvalue weighted by Gasteiger charge is 2.01. The van der Waals surface area contributed by atoms with E-state index in [2.05, 4.69) is 48.4 Å². The number of nitrogens with one attached hydrogen (secondary N) is 1. The van der Waals surface area contributed by atoms with Crippen LogP contribution in [0.2, 0.25) is 0 Å². The van der Waals surface area contributed by atoms with Crippen molar-refractivity contribution in [2.75, 3.05) is 5.32 Å². The van der Waals surface area contributed by atoms with Crippen LogP contribution < -0.4 is 11.1 Å². The Labute approximate surface area is 112 Å². The van der Waals surface area contributed by atoms with Gasteiger partial charge in [0.1, 0.15) is 0 Å². The van der Waals surface area contributed by atoms with Crippen molar-refractivity contribution in [1.29, 1.82) is 0 Å². The fourth-order valence-electron chi connectivity index (χ4n) is 1.68. The predicted molar refractivity (Wildman–Crippen MR) is 77.9 cm³/mol. The lowest BCUT2D eigenvalue weighted by Gasteiger charge is -2.07. The van der Waals surface area contributed by atoms with Gasteiger partial charge in [-0.1, -0.05) is 38.1 Å². The number of anilines is 1. The lowest BCUT2D eigenvalue weighted by Crippen LogP contribution is -1.99. The smallest absolute Gasteiger partial charge is 0.183 e. The summed E-state index contributed by atoms with van der Waals surface area (Å²) < 4.78 is 0. The van der Waals surface area contributed by atoms with Crippen molar-refractivity contribution in [3.05, 3.63) is 46.5 Å². The standard InChI is InChI=1S/C14H19N3S/c1-10(2)12-5-3-11(4-6-12)8-16-14-17-9-13(7-15)18-14/h3-6,9-10H,7-8,15H2,1-2H3,(H,16,17). The van der Waals surface area contributed by atoms with Crippen molar-refractivity contribution in [3.8, 4) is 0 Å². The maximum absolute atomic E-state index is 5.56.